The topological polar surface area (TPSA) is 29.5 Å². The summed E-state index contributed by atoms with van der Waals surface area (Å²) in [6, 6.07) is 6.45. The first-order valence-electron chi connectivity index (χ1n) is 7.61. The van der Waals surface area contributed by atoms with Gasteiger partial charge >= 0.3 is 6.09 Å². The molecule has 1 amide bonds. The monoisotopic (exact) mass is 351 g/mol. The molecule has 2 aliphatic rings. The van der Waals surface area contributed by atoms with Gasteiger partial charge in [0.25, 0.3) is 0 Å². The molecule has 21 heavy (non-hydrogen) atoms. The molecule has 0 radical (unpaired) electrons. The lowest BCUT2D eigenvalue weighted by Gasteiger charge is -2.37. The number of hydrogen-bond acceptors (Lipinski definition) is 2. The first-order valence-corrected chi connectivity index (χ1v) is 8.41. The van der Waals surface area contributed by atoms with Gasteiger partial charge in [0.15, 0.2) is 0 Å². The Morgan fingerprint density at radius 3 is 2.81 bits per heavy atom. The Balaban J connectivity index is 1.95. The lowest BCUT2D eigenvalue weighted by atomic mass is 9.89. The third-order valence-electron chi connectivity index (χ3n) is 4.48. The fourth-order valence-electron chi connectivity index (χ4n) is 3.68. The largest absolute Gasteiger partial charge is 0.444 e. The van der Waals surface area contributed by atoms with E-state index in [0.29, 0.717) is 0 Å². The van der Waals surface area contributed by atoms with E-state index in [9.17, 15) is 4.79 Å². The molecule has 0 aromatic heterocycles. The molecule has 1 aliphatic heterocycles. The summed E-state index contributed by atoms with van der Waals surface area (Å²) in [4.78, 5) is 14.6. The number of carbonyl (C=O) groups excluding carboxylic acids is 1. The SMILES string of the molecule is CC(C)(C)OC(=O)N1CCCC12CCc1ccc(Br)cc12. The van der Waals surface area contributed by atoms with Crippen molar-refractivity contribution in [3.05, 3.63) is 33.8 Å². The smallest absolute Gasteiger partial charge is 0.411 e. The van der Waals surface area contributed by atoms with Crippen molar-refractivity contribution in [1.29, 1.82) is 0 Å². The highest BCUT2D eigenvalue weighted by molar-refractivity contribution is 9.10. The number of carbonyl (C=O) groups is 1. The van der Waals surface area contributed by atoms with Crippen molar-refractivity contribution in [2.24, 2.45) is 0 Å². The minimum atomic E-state index is -0.445. The molecule has 1 unspecified atom stereocenters. The molecular formula is C17H22BrNO2. The van der Waals surface area contributed by atoms with Gasteiger partial charge in [0.1, 0.15) is 5.60 Å². The van der Waals surface area contributed by atoms with Gasteiger partial charge in [0.2, 0.25) is 0 Å². The van der Waals surface area contributed by atoms with Crippen LogP contribution in [-0.2, 0) is 16.7 Å². The molecule has 4 heteroatoms. The molecule has 1 atom stereocenters. The first kappa shape index (κ1) is 14.9. The quantitative estimate of drug-likeness (QED) is 0.682. The average Bonchev–Trinajstić information content (AvgIpc) is 2.94. The summed E-state index contributed by atoms with van der Waals surface area (Å²) in [5, 5.41) is 0. The molecule has 1 aromatic carbocycles. The van der Waals surface area contributed by atoms with Crippen LogP contribution in [0.25, 0.3) is 0 Å². The number of aryl methyl sites for hydroxylation is 1. The van der Waals surface area contributed by atoms with Gasteiger partial charge in [-0.3, -0.25) is 4.90 Å². The van der Waals surface area contributed by atoms with Crippen LogP contribution in [0.5, 0.6) is 0 Å². The van der Waals surface area contributed by atoms with Crippen LogP contribution < -0.4 is 0 Å². The summed E-state index contributed by atoms with van der Waals surface area (Å²) in [7, 11) is 0. The van der Waals surface area contributed by atoms with Crippen molar-refractivity contribution in [3.8, 4) is 0 Å². The second-order valence-corrected chi connectivity index (χ2v) is 7.98. The molecule has 1 saturated heterocycles. The maximum absolute atomic E-state index is 12.6. The van der Waals surface area contributed by atoms with Gasteiger partial charge in [-0.2, -0.15) is 0 Å². The Kier molecular flexibility index (Phi) is 3.55. The van der Waals surface area contributed by atoms with E-state index >= 15 is 0 Å². The van der Waals surface area contributed by atoms with Crippen molar-refractivity contribution in [1.82, 2.24) is 4.90 Å². The van der Waals surface area contributed by atoms with Gasteiger partial charge in [-0.15, -0.1) is 0 Å². The Bertz CT molecular complexity index is 579. The predicted molar refractivity (Wildman–Crippen MR) is 86.3 cm³/mol. The van der Waals surface area contributed by atoms with Crippen LogP contribution in [0.15, 0.2) is 22.7 Å². The van der Waals surface area contributed by atoms with E-state index in [1.54, 1.807) is 0 Å². The Morgan fingerprint density at radius 1 is 1.33 bits per heavy atom. The minimum absolute atomic E-state index is 0.151. The van der Waals surface area contributed by atoms with Crippen molar-refractivity contribution < 1.29 is 9.53 Å². The zero-order valence-corrected chi connectivity index (χ0v) is 14.5. The van der Waals surface area contributed by atoms with Crippen LogP contribution in [0.2, 0.25) is 0 Å². The highest BCUT2D eigenvalue weighted by Crippen LogP contribution is 2.49. The van der Waals surface area contributed by atoms with Crippen LogP contribution in [0.1, 0.15) is 51.2 Å². The van der Waals surface area contributed by atoms with E-state index in [1.807, 2.05) is 25.7 Å². The molecule has 0 saturated carbocycles. The normalized spacial score (nSPS) is 24.5. The molecule has 1 heterocycles. The molecular weight excluding hydrogens is 330 g/mol. The molecule has 1 fully saturated rings. The second-order valence-electron chi connectivity index (χ2n) is 7.07. The average molecular weight is 352 g/mol. The maximum atomic E-state index is 12.6. The molecule has 0 bridgehead atoms. The zero-order chi connectivity index (χ0) is 15.3. The number of hydrogen-bond donors (Lipinski definition) is 0. The van der Waals surface area contributed by atoms with Crippen molar-refractivity contribution in [3.63, 3.8) is 0 Å². The van der Waals surface area contributed by atoms with Gasteiger partial charge in [-0.05, 0) is 69.7 Å². The number of fused-ring (bicyclic) bond motifs is 2. The third kappa shape index (κ3) is 2.59. The molecule has 1 aliphatic carbocycles. The lowest BCUT2D eigenvalue weighted by Crippen LogP contribution is -2.46. The molecule has 0 N–H and O–H groups in total. The number of amides is 1. The summed E-state index contributed by atoms with van der Waals surface area (Å²) >= 11 is 3.57. The van der Waals surface area contributed by atoms with Crippen molar-refractivity contribution in [2.75, 3.05) is 6.54 Å². The molecule has 114 valence electrons. The first-order chi connectivity index (χ1) is 9.82. The molecule has 3 rings (SSSR count). The predicted octanol–water partition coefficient (Wildman–Crippen LogP) is 4.62. The second kappa shape index (κ2) is 5.01. The summed E-state index contributed by atoms with van der Waals surface area (Å²) in [5.41, 5.74) is 2.08. The van der Waals surface area contributed by atoms with Gasteiger partial charge in [-0.25, -0.2) is 4.79 Å². The molecule has 1 aromatic rings. The zero-order valence-electron chi connectivity index (χ0n) is 12.9. The maximum Gasteiger partial charge on any atom is 0.411 e. The van der Waals surface area contributed by atoms with E-state index in [1.165, 1.54) is 11.1 Å². The van der Waals surface area contributed by atoms with Crippen LogP contribution >= 0.6 is 15.9 Å². The van der Waals surface area contributed by atoms with E-state index in [-0.39, 0.29) is 11.6 Å². The highest BCUT2D eigenvalue weighted by Gasteiger charge is 2.49. The standard InChI is InChI=1S/C17H22BrNO2/c1-16(2,3)21-15(20)19-10-4-8-17(19)9-7-12-5-6-13(18)11-14(12)17/h5-6,11H,4,7-10H2,1-3H3. The molecule has 3 nitrogen and oxygen atoms in total. The van der Waals surface area contributed by atoms with Gasteiger partial charge in [-0.1, -0.05) is 22.0 Å². The van der Waals surface area contributed by atoms with Crippen molar-refractivity contribution >= 4 is 22.0 Å². The van der Waals surface area contributed by atoms with Crippen LogP contribution in [0.3, 0.4) is 0 Å². The van der Waals surface area contributed by atoms with Gasteiger partial charge in [0, 0.05) is 11.0 Å². The lowest BCUT2D eigenvalue weighted by molar-refractivity contribution is 0.00705. The Hall–Kier alpha value is -1.03. The van der Waals surface area contributed by atoms with Crippen LogP contribution in [0.4, 0.5) is 4.79 Å². The number of likely N-dealkylation sites (tertiary alicyclic amines) is 1. The number of ether oxygens (including phenoxy) is 1. The Morgan fingerprint density at radius 2 is 2.10 bits per heavy atom. The summed E-state index contributed by atoms with van der Waals surface area (Å²) < 4.78 is 6.71. The fourth-order valence-corrected chi connectivity index (χ4v) is 4.04. The van der Waals surface area contributed by atoms with E-state index in [4.69, 9.17) is 4.74 Å². The van der Waals surface area contributed by atoms with E-state index in [2.05, 4.69) is 34.1 Å². The van der Waals surface area contributed by atoms with Crippen LogP contribution in [0, 0.1) is 0 Å². The van der Waals surface area contributed by atoms with Gasteiger partial charge < -0.3 is 4.74 Å². The van der Waals surface area contributed by atoms with E-state index in [0.717, 1.165) is 36.7 Å². The third-order valence-corrected chi connectivity index (χ3v) is 4.98. The number of rotatable bonds is 0. The minimum Gasteiger partial charge on any atom is -0.444 e. The summed E-state index contributed by atoms with van der Waals surface area (Å²) in [5.74, 6) is 0. The summed E-state index contributed by atoms with van der Waals surface area (Å²) in [6.45, 7) is 6.56. The van der Waals surface area contributed by atoms with E-state index < -0.39 is 5.60 Å². The molecule has 1 spiro atoms. The Labute approximate surface area is 134 Å². The van der Waals surface area contributed by atoms with Gasteiger partial charge in [0.05, 0.1) is 5.54 Å². The summed E-state index contributed by atoms with van der Waals surface area (Å²) in [6.07, 6.45) is 3.97. The highest BCUT2D eigenvalue weighted by atomic mass is 79.9. The van der Waals surface area contributed by atoms with Crippen molar-refractivity contribution in [2.45, 2.75) is 57.6 Å². The number of benzene rings is 1. The fraction of sp³-hybridized carbons (Fsp3) is 0.588. The number of halogens is 1. The number of nitrogens with zero attached hydrogens (tertiary/aromatic N) is 1. The van der Waals surface area contributed by atoms with Crippen LogP contribution in [-0.4, -0.2) is 23.1 Å².